The van der Waals surface area contributed by atoms with Crippen LogP contribution in [0.3, 0.4) is 0 Å². The van der Waals surface area contributed by atoms with Gasteiger partial charge in [0, 0.05) is 24.7 Å². The summed E-state index contributed by atoms with van der Waals surface area (Å²) in [7, 11) is 0. The molecule has 7 nitrogen and oxygen atoms in total. The fourth-order valence-corrected chi connectivity index (χ4v) is 2.43. The highest BCUT2D eigenvalue weighted by molar-refractivity contribution is 6.07. The summed E-state index contributed by atoms with van der Waals surface area (Å²) in [4.78, 5) is 35.1. The fraction of sp³-hybridized carbons (Fsp3) is 0.111. The molecule has 0 aliphatic rings. The van der Waals surface area contributed by atoms with E-state index in [-0.39, 0.29) is 30.2 Å². The van der Waals surface area contributed by atoms with Crippen molar-refractivity contribution < 1.29 is 9.59 Å². The Balaban J connectivity index is 1.55. The molecule has 0 fully saturated rings. The summed E-state index contributed by atoms with van der Waals surface area (Å²) in [6, 6.07) is 15.8. The molecule has 0 saturated carbocycles. The van der Waals surface area contributed by atoms with Crippen molar-refractivity contribution in [2.75, 3.05) is 13.1 Å². The van der Waals surface area contributed by atoms with Crippen molar-refractivity contribution in [2.24, 2.45) is 0 Å². The van der Waals surface area contributed by atoms with Crippen LogP contribution in [0.1, 0.15) is 20.8 Å². The summed E-state index contributed by atoms with van der Waals surface area (Å²) < 4.78 is 0. The Kier molecular flexibility index (Phi) is 4.84. The molecule has 0 spiro atoms. The third-order valence-electron chi connectivity index (χ3n) is 3.64. The van der Waals surface area contributed by atoms with Gasteiger partial charge in [-0.15, -0.1) is 0 Å². The molecule has 0 aliphatic carbocycles. The van der Waals surface area contributed by atoms with Crippen molar-refractivity contribution in [3.63, 3.8) is 0 Å². The van der Waals surface area contributed by atoms with Crippen LogP contribution in [-0.4, -0.2) is 35.1 Å². The quantitative estimate of drug-likeness (QED) is 0.607. The molecule has 25 heavy (non-hydrogen) atoms. The van der Waals surface area contributed by atoms with E-state index in [0.717, 1.165) is 10.8 Å². The van der Waals surface area contributed by atoms with Gasteiger partial charge in [-0.1, -0.05) is 36.4 Å². The Morgan fingerprint density at radius 2 is 1.60 bits per heavy atom. The average Bonchev–Trinajstić information content (AvgIpc) is 2.65. The zero-order chi connectivity index (χ0) is 17.6. The molecule has 126 valence electrons. The normalized spacial score (nSPS) is 10.4. The molecule has 2 aromatic carbocycles. The highest BCUT2D eigenvalue weighted by atomic mass is 16.2. The summed E-state index contributed by atoms with van der Waals surface area (Å²) >= 11 is 0. The van der Waals surface area contributed by atoms with Crippen LogP contribution >= 0.6 is 0 Å². The molecule has 3 N–H and O–H groups in total. The first-order chi connectivity index (χ1) is 12.1. The van der Waals surface area contributed by atoms with E-state index in [9.17, 15) is 14.4 Å². The number of nitrogens with zero attached hydrogens (tertiary/aromatic N) is 1. The van der Waals surface area contributed by atoms with E-state index < -0.39 is 5.91 Å². The van der Waals surface area contributed by atoms with E-state index in [4.69, 9.17) is 0 Å². The van der Waals surface area contributed by atoms with E-state index in [0.29, 0.717) is 5.56 Å². The summed E-state index contributed by atoms with van der Waals surface area (Å²) in [5, 5.41) is 13.1. The molecule has 0 atom stereocenters. The number of nitrogens with one attached hydrogen (secondary N) is 3. The lowest BCUT2D eigenvalue weighted by molar-refractivity contribution is 0.0925. The molecule has 1 heterocycles. The van der Waals surface area contributed by atoms with Gasteiger partial charge in [0.2, 0.25) is 0 Å². The summed E-state index contributed by atoms with van der Waals surface area (Å²) in [6.07, 6.45) is 0. The number of H-pyrrole nitrogens is 1. The fourth-order valence-electron chi connectivity index (χ4n) is 2.43. The topological polar surface area (TPSA) is 104 Å². The van der Waals surface area contributed by atoms with Crippen molar-refractivity contribution in [3.8, 4) is 0 Å². The smallest absolute Gasteiger partial charge is 0.271 e. The largest absolute Gasteiger partial charge is 0.350 e. The first kappa shape index (κ1) is 16.4. The van der Waals surface area contributed by atoms with Gasteiger partial charge < -0.3 is 10.6 Å². The maximum absolute atomic E-state index is 12.3. The molecular weight excluding hydrogens is 320 g/mol. The van der Waals surface area contributed by atoms with Crippen molar-refractivity contribution in [1.29, 1.82) is 0 Å². The third kappa shape index (κ3) is 3.89. The minimum atomic E-state index is -0.421. The molecule has 0 unspecified atom stereocenters. The van der Waals surface area contributed by atoms with E-state index in [1.54, 1.807) is 6.07 Å². The van der Waals surface area contributed by atoms with Gasteiger partial charge in [0.15, 0.2) is 0 Å². The van der Waals surface area contributed by atoms with Gasteiger partial charge in [-0.3, -0.25) is 14.4 Å². The highest BCUT2D eigenvalue weighted by Gasteiger charge is 2.10. The standard InChI is InChI=1S/C18H16N4O3/c23-16-9-8-15(21-22-16)18(25)20-11-10-19-17(24)14-7-3-5-12-4-1-2-6-13(12)14/h1-9H,10-11H2,(H,19,24)(H,20,25)(H,22,23). The second-order valence-electron chi connectivity index (χ2n) is 5.34. The average molecular weight is 336 g/mol. The van der Waals surface area contributed by atoms with Crippen LogP contribution in [0.15, 0.2) is 59.4 Å². The van der Waals surface area contributed by atoms with Gasteiger partial charge in [-0.25, -0.2) is 5.10 Å². The predicted octanol–water partition coefficient (Wildman–Crippen LogP) is 1.08. The van der Waals surface area contributed by atoms with Crippen LogP contribution in [0.5, 0.6) is 0 Å². The molecule has 3 aromatic rings. The van der Waals surface area contributed by atoms with Gasteiger partial charge in [0.1, 0.15) is 5.69 Å². The lowest BCUT2D eigenvalue weighted by Crippen LogP contribution is -2.35. The number of aromatic nitrogens is 2. The number of aromatic amines is 1. The van der Waals surface area contributed by atoms with Gasteiger partial charge in [0.25, 0.3) is 17.4 Å². The van der Waals surface area contributed by atoms with E-state index >= 15 is 0 Å². The van der Waals surface area contributed by atoms with Crippen LogP contribution in [0.2, 0.25) is 0 Å². The molecule has 3 rings (SSSR count). The number of hydrogen-bond donors (Lipinski definition) is 3. The van der Waals surface area contributed by atoms with Crippen molar-refractivity contribution in [1.82, 2.24) is 20.8 Å². The Bertz CT molecular complexity index is 955. The van der Waals surface area contributed by atoms with Crippen LogP contribution in [0, 0.1) is 0 Å². The Labute approximate surface area is 143 Å². The zero-order valence-corrected chi connectivity index (χ0v) is 13.3. The van der Waals surface area contributed by atoms with Gasteiger partial charge in [-0.05, 0) is 22.9 Å². The molecule has 1 aromatic heterocycles. The van der Waals surface area contributed by atoms with Crippen LogP contribution in [0.4, 0.5) is 0 Å². The maximum atomic E-state index is 12.3. The SMILES string of the molecule is O=C(NCCNC(=O)c1cccc2ccccc12)c1ccc(=O)[nH]n1. The first-order valence-corrected chi connectivity index (χ1v) is 7.75. The van der Waals surface area contributed by atoms with Crippen molar-refractivity contribution in [2.45, 2.75) is 0 Å². The molecule has 0 bridgehead atoms. The number of amides is 2. The summed E-state index contributed by atoms with van der Waals surface area (Å²) in [5.41, 5.74) is 0.325. The highest BCUT2D eigenvalue weighted by Crippen LogP contribution is 2.18. The minimum Gasteiger partial charge on any atom is -0.350 e. The van der Waals surface area contributed by atoms with Gasteiger partial charge in [0.05, 0.1) is 0 Å². The van der Waals surface area contributed by atoms with E-state index in [1.807, 2.05) is 36.4 Å². The maximum Gasteiger partial charge on any atom is 0.271 e. The Hall–Kier alpha value is -3.48. The minimum absolute atomic E-state index is 0.111. The molecular formula is C18H16N4O3. The third-order valence-corrected chi connectivity index (χ3v) is 3.64. The second-order valence-corrected chi connectivity index (χ2v) is 5.34. The monoisotopic (exact) mass is 336 g/mol. The Morgan fingerprint density at radius 1 is 0.880 bits per heavy atom. The van der Waals surface area contributed by atoms with Gasteiger partial charge >= 0.3 is 0 Å². The Morgan fingerprint density at radius 3 is 2.36 bits per heavy atom. The molecule has 0 radical (unpaired) electrons. The molecule has 7 heteroatoms. The lowest BCUT2D eigenvalue weighted by Gasteiger charge is -2.09. The van der Waals surface area contributed by atoms with Crippen LogP contribution in [-0.2, 0) is 0 Å². The summed E-state index contributed by atoms with van der Waals surface area (Å²) in [6.45, 7) is 0.521. The number of benzene rings is 2. The molecule has 0 saturated heterocycles. The number of rotatable bonds is 5. The second kappa shape index (κ2) is 7.39. The predicted molar refractivity (Wildman–Crippen MR) is 93.5 cm³/mol. The number of carbonyl (C=O) groups is 2. The number of fused-ring (bicyclic) bond motifs is 1. The van der Waals surface area contributed by atoms with E-state index in [1.165, 1.54) is 12.1 Å². The van der Waals surface area contributed by atoms with Gasteiger partial charge in [-0.2, -0.15) is 5.10 Å². The van der Waals surface area contributed by atoms with Crippen LogP contribution in [0.25, 0.3) is 10.8 Å². The van der Waals surface area contributed by atoms with Crippen molar-refractivity contribution >= 4 is 22.6 Å². The molecule has 2 amide bonds. The number of carbonyl (C=O) groups excluding carboxylic acids is 2. The zero-order valence-electron chi connectivity index (χ0n) is 13.3. The van der Waals surface area contributed by atoms with Crippen molar-refractivity contribution in [3.05, 3.63) is 76.2 Å². The summed E-state index contributed by atoms with van der Waals surface area (Å²) in [5.74, 6) is -0.621. The first-order valence-electron chi connectivity index (χ1n) is 7.75. The van der Waals surface area contributed by atoms with E-state index in [2.05, 4.69) is 20.8 Å². The lowest BCUT2D eigenvalue weighted by atomic mass is 10.0. The molecule has 0 aliphatic heterocycles. The van der Waals surface area contributed by atoms with Crippen LogP contribution < -0.4 is 16.2 Å². The number of hydrogen-bond acceptors (Lipinski definition) is 4.